The van der Waals surface area contributed by atoms with Gasteiger partial charge in [-0.15, -0.1) is 0 Å². The number of carbonyl (C=O) groups is 3. The third kappa shape index (κ3) is 16.8. The fourth-order valence-corrected chi connectivity index (χ4v) is 6.29. The van der Waals surface area contributed by atoms with Gasteiger partial charge in [0.2, 0.25) is 11.5 Å². The number of unbranched alkanes of at least 4 members (excludes halogenated alkanes) is 24. The molecule has 1 aliphatic heterocycles. The van der Waals surface area contributed by atoms with Gasteiger partial charge >= 0.3 is 11.9 Å². The number of Topliss-reactive ketones (excluding diaryl/α,β-unsaturated/α-hetero) is 1. The molecule has 0 radical (unpaired) electrons. The zero-order chi connectivity index (χ0) is 33.9. The lowest BCUT2D eigenvalue weighted by Gasteiger charge is -2.31. The standard InChI is InChI=1S/C38H68O8/c1-3-5-7-9-11-13-15-17-19-21-23-25-27-29-32(40)38(33(41)31-39)36(35(43)37(44)46-38)45-34(42)30-28-26-24-22-20-18-16-14-12-10-8-6-4-2/h33,39,41,43H,3-31H2,1-2H3/t33-,38+/m0/s1. The van der Waals surface area contributed by atoms with E-state index >= 15 is 0 Å². The number of cyclic esters (lactones) is 1. The molecule has 0 aromatic rings. The molecule has 1 rings (SSSR count). The summed E-state index contributed by atoms with van der Waals surface area (Å²) >= 11 is 0. The number of ketones is 1. The number of esters is 2. The molecule has 46 heavy (non-hydrogen) atoms. The van der Waals surface area contributed by atoms with Crippen molar-refractivity contribution in [2.45, 2.75) is 205 Å². The molecule has 0 fully saturated rings. The molecule has 0 saturated heterocycles. The van der Waals surface area contributed by atoms with E-state index in [-0.39, 0.29) is 12.8 Å². The first-order valence-electron chi connectivity index (χ1n) is 19.0. The summed E-state index contributed by atoms with van der Waals surface area (Å²) in [6.07, 6.45) is 28.1. The minimum absolute atomic E-state index is 0.0427. The number of aliphatic hydroxyl groups is 3. The molecule has 3 N–H and O–H groups in total. The minimum Gasteiger partial charge on any atom is -0.499 e. The number of rotatable bonds is 32. The maximum absolute atomic E-state index is 13.4. The number of hydrogen-bond acceptors (Lipinski definition) is 8. The zero-order valence-corrected chi connectivity index (χ0v) is 29.5. The Kier molecular flexibility index (Phi) is 24.8. The molecule has 0 bridgehead atoms. The number of ether oxygens (including phenoxy) is 2. The van der Waals surface area contributed by atoms with Gasteiger partial charge in [-0.05, 0) is 12.8 Å². The van der Waals surface area contributed by atoms with Crippen molar-refractivity contribution in [2.24, 2.45) is 0 Å². The molecule has 0 saturated carbocycles. The van der Waals surface area contributed by atoms with E-state index in [1.165, 1.54) is 109 Å². The largest absolute Gasteiger partial charge is 0.499 e. The van der Waals surface area contributed by atoms with Gasteiger partial charge in [0.05, 0.1) is 6.61 Å². The van der Waals surface area contributed by atoms with Crippen LogP contribution in [-0.4, -0.2) is 51.4 Å². The van der Waals surface area contributed by atoms with Crippen LogP contribution in [0.5, 0.6) is 0 Å². The maximum atomic E-state index is 13.4. The second-order valence-corrected chi connectivity index (χ2v) is 13.4. The maximum Gasteiger partial charge on any atom is 0.378 e. The first-order chi connectivity index (χ1) is 22.3. The summed E-state index contributed by atoms with van der Waals surface area (Å²) in [5.41, 5.74) is -2.42. The number of carbonyl (C=O) groups excluding carboxylic acids is 3. The number of hydrogen-bond donors (Lipinski definition) is 3. The molecule has 1 aliphatic rings. The molecule has 8 nitrogen and oxygen atoms in total. The summed E-state index contributed by atoms with van der Waals surface area (Å²) in [7, 11) is 0. The molecule has 0 aromatic heterocycles. The van der Waals surface area contributed by atoms with Crippen LogP contribution in [0.4, 0.5) is 0 Å². The van der Waals surface area contributed by atoms with Crippen molar-refractivity contribution < 1.29 is 39.2 Å². The van der Waals surface area contributed by atoms with E-state index in [4.69, 9.17) is 9.47 Å². The first-order valence-corrected chi connectivity index (χ1v) is 19.0. The van der Waals surface area contributed by atoms with Gasteiger partial charge in [-0.3, -0.25) is 9.59 Å². The van der Waals surface area contributed by atoms with Gasteiger partial charge in [-0.1, -0.05) is 168 Å². The first kappa shape index (κ1) is 42.1. The Morgan fingerprint density at radius 1 is 0.630 bits per heavy atom. The zero-order valence-electron chi connectivity index (χ0n) is 29.5. The fraction of sp³-hybridized carbons (Fsp3) is 0.868. The van der Waals surface area contributed by atoms with Gasteiger partial charge in [0, 0.05) is 12.8 Å². The third-order valence-corrected chi connectivity index (χ3v) is 9.26. The quantitative estimate of drug-likeness (QED) is 0.0484. The van der Waals surface area contributed by atoms with Crippen LogP contribution in [0.1, 0.15) is 194 Å². The molecule has 0 aliphatic carbocycles. The van der Waals surface area contributed by atoms with Crippen LogP contribution in [0.2, 0.25) is 0 Å². The molecular formula is C38H68O8. The monoisotopic (exact) mass is 652 g/mol. The molecule has 0 spiro atoms. The highest BCUT2D eigenvalue weighted by Crippen LogP contribution is 2.38. The minimum atomic E-state index is -2.42. The predicted molar refractivity (Wildman–Crippen MR) is 183 cm³/mol. The van der Waals surface area contributed by atoms with E-state index in [2.05, 4.69) is 13.8 Å². The molecule has 0 unspecified atom stereocenters. The summed E-state index contributed by atoms with van der Waals surface area (Å²) in [5, 5.41) is 30.7. The van der Waals surface area contributed by atoms with Crippen molar-refractivity contribution in [1.29, 1.82) is 0 Å². The van der Waals surface area contributed by atoms with Crippen LogP contribution in [0.25, 0.3) is 0 Å². The third-order valence-electron chi connectivity index (χ3n) is 9.26. The lowest BCUT2D eigenvalue weighted by molar-refractivity contribution is -0.176. The van der Waals surface area contributed by atoms with Crippen molar-refractivity contribution in [3.8, 4) is 0 Å². The fourth-order valence-electron chi connectivity index (χ4n) is 6.29. The Bertz CT molecular complexity index is 854. The second kappa shape index (κ2) is 27.1. The van der Waals surface area contributed by atoms with E-state index in [0.29, 0.717) is 12.8 Å². The van der Waals surface area contributed by atoms with Crippen LogP contribution in [-0.2, 0) is 23.9 Å². The van der Waals surface area contributed by atoms with Crippen molar-refractivity contribution in [3.63, 3.8) is 0 Å². The summed E-state index contributed by atoms with van der Waals surface area (Å²) in [5.74, 6) is -4.37. The Balaban J connectivity index is 2.39. The lowest BCUT2D eigenvalue weighted by Crippen LogP contribution is -2.54. The highest BCUT2D eigenvalue weighted by atomic mass is 16.6. The van der Waals surface area contributed by atoms with E-state index in [1.807, 2.05) is 0 Å². The van der Waals surface area contributed by atoms with Gasteiger partial charge in [0.15, 0.2) is 5.78 Å². The molecule has 0 amide bonds. The van der Waals surface area contributed by atoms with Gasteiger partial charge in [-0.2, -0.15) is 0 Å². The number of aliphatic hydroxyl groups excluding tert-OH is 3. The molecule has 2 atom stereocenters. The second-order valence-electron chi connectivity index (χ2n) is 13.4. The average molecular weight is 653 g/mol. The smallest absolute Gasteiger partial charge is 0.378 e. The Hall–Kier alpha value is -1.93. The van der Waals surface area contributed by atoms with Crippen molar-refractivity contribution in [2.75, 3.05) is 6.61 Å². The summed E-state index contributed by atoms with van der Waals surface area (Å²) in [6, 6.07) is 0. The van der Waals surface area contributed by atoms with Crippen molar-refractivity contribution in [1.82, 2.24) is 0 Å². The summed E-state index contributed by atoms with van der Waals surface area (Å²) in [4.78, 5) is 38.3. The highest BCUT2D eigenvalue weighted by Gasteiger charge is 2.60. The van der Waals surface area contributed by atoms with Crippen LogP contribution in [0.3, 0.4) is 0 Å². The van der Waals surface area contributed by atoms with Gasteiger partial charge in [-0.25, -0.2) is 4.79 Å². The molecule has 1 heterocycles. The van der Waals surface area contributed by atoms with E-state index < -0.39 is 47.6 Å². The van der Waals surface area contributed by atoms with Crippen LogP contribution >= 0.6 is 0 Å². The summed E-state index contributed by atoms with van der Waals surface area (Å²) in [6.45, 7) is 3.55. The van der Waals surface area contributed by atoms with Gasteiger partial charge in [0.25, 0.3) is 5.60 Å². The predicted octanol–water partition coefficient (Wildman–Crippen LogP) is 9.48. The van der Waals surface area contributed by atoms with E-state index in [1.54, 1.807) is 0 Å². The molecule has 0 aromatic carbocycles. The van der Waals surface area contributed by atoms with Crippen molar-refractivity contribution in [3.05, 3.63) is 11.5 Å². The van der Waals surface area contributed by atoms with Gasteiger partial charge in [0.1, 0.15) is 6.10 Å². The Morgan fingerprint density at radius 2 is 0.978 bits per heavy atom. The van der Waals surface area contributed by atoms with E-state index in [0.717, 1.165) is 44.9 Å². The average Bonchev–Trinajstić information content (AvgIpc) is 3.30. The van der Waals surface area contributed by atoms with Crippen LogP contribution in [0.15, 0.2) is 11.5 Å². The molecule has 268 valence electrons. The van der Waals surface area contributed by atoms with Crippen LogP contribution in [0, 0.1) is 0 Å². The Morgan fingerprint density at radius 3 is 1.35 bits per heavy atom. The summed E-state index contributed by atoms with van der Waals surface area (Å²) < 4.78 is 10.5. The van der Waals surface area contributed by atoms with Crippen molar-refractivity contribution >= 4 is 17.7 Å². The SMILES string of the molecule is CCCCCCCCCCCCCCCC(=O)OC1=C(O)C(=O)O[C@]1(C(=O)CCCCCCCCCCCCCCC)[C@@H](O)CO. The lowest BCUT2D eigenvalue weighted by atomic mass is 9.86. The normalized spacial score (nSPS) is 17.0. The molecular weight excluding hydrogens is 584 g/mol. The van der Waals surface area contributed by atoms with Crippen LogP contribution < -0.4 is 0 Å². The highest BCUT2D eigenvalue weighted by molar-refractivity contribution is 6.02. The topological polar surface area (TPSA) is 130 Å². The molecule has 8 heteroatoms. The van der Waals surface area contributed by atoms with Gasteiger partial charge < -0.3 is 24.8 Å². The van der Waals surface area contributed by atoms with E-state index in [9.17, 15) is 29.7 Å². The Labute approximate surface area is 280 Å².